The fraction of sp³-hybridized carbons (Fsp3) is 0.562. The summed E-state index contributed by atoms with van der Waals surface area (Å²) in [7, 11) is 0. The standard InChI is InChI=1S/C16H24O3/c1-2-3-4-5-6-10-13-19-16(18)15(17)14-11-8-7-9-12-14/h7-9,11-12,15,17H,2-6,10,13H2,1H3. The molecule has 0 aromatic heterocycles. The summed E-state index contributed by atoms with van der Waals surface area (Å²) in [5.74, 6) is -0.556. The number of carbonyl (C=O) groups is 1. The first-order valence-electron chi connectivity index (χ1n) is 7.15. The number of hydrogen-bond donors (Lipinski definition) is 1. The van der Waals surface area contributed by atoms with E-state index in [1.807, 2.05) is 6.07 Å². The summed E-state index contributed by atoms with van der Waals surface area (Å²) in [5.41, 5.74) is 0.579. The molecule has 1 N–H and O–H groups in total. The van der Waals surface area contributed by atoms with Crippen molar-refractivity contribution in [2.24, 2.45) is 0 Å². The maximum Gasteiger partial charge on any atom is 0.339 e. The Morgan fingerprint density at radius 2 is 1.74 bits per heavy atom. The highest BCUT2D eigenvalue weighted by atomic mass is 16.5. The lowest BCUT2D eigenvalue weighted by Crippen LogP contribution is -2.16. The van der Waals surface area contributed by atoms with Gasteiger partial charge in [0.2, 0.25) is 0 Å². The first-order valence-corrected chi connectivity index (χ1v) is 7.15. The predicted octanol–water partition coefficient (Wildman–Crippen LogP) is 3.62. The average molecular weight is 264 g/mol. The molecule has 0 saturated heterocycles. The summed E-state index contributed by atoms with van der Waals surface area (Å²) in [4.78, 5) is 11.6. The fourth-order valence-electron chi connectivity index (χ4n) is 1.91. The number of hydrogen-bond acceptors (Lipinski definition) is 3. The third-order valence-corrected chi connectivity index (χ3v) is 3.08. The van der Waals surface area contributed by atoms with Crippen LogP contribution in [0.25, 0.3) is 0 Å². The normalized spacial score (nSPS) is 12.1. The molecule has 0 aliphatic heterocycles. The highest BCUT2D eigenvalue weighted by molar-refractivity contribution is 5.76. The van der Waals surface area contributed by atoms with E-state index in [-0.39, 0.29) is 0 Å². The van der Waals surface area contributed by atoms with Crippen molar-refractivity contribution < 1.29 is 14.6 Å². The Hall–Kier alpha value is -1.35. The smallest absolute Gasteiger partial charge is 0.339 e. The van der Waals surface area contributed by atoms with E-state index in [4.69, 9.17) is 4.74 Å². The molecule has 19 heavy (non-hydrogen) atoms. The van der Waals surface area contributed by atoms with Crippen LogP contribution in [-0.2, 0) is 9.53 Å². The van der Waals surface area contributed by atoms with Gasteiger partial charge >= 0.3 is 5.97 Å². The summed E-state index contributed by atoms with van der Waals surface area (Å²) in [6.07, 6.45) is 5.72. The lowest BCUT2D eigenvalue weighted by molar-refractivity contribution is -0.154. The van der Waals surface area contributed by atoms with Crippen LogP contribution in [0.5, 0.6) is 0 Å². The minimum Gasteiger partial charge on any atom is -0.464 e. The van der Waals surface area contributed by atoms with Gasteiger partial charge in [-0.15, -0.1) is 0 Å². The number of rotatable bonds is 9. The van der Waals surface area contributed by atoms with Gasteiger partial charge < -0.3 is 9.84 Å². The lowest BCUT2D eigenvalue weighted by Gasteiger charge is -2.10. The number of ether oxygens (including phenoxy) is 1. The number of carbonyl (C=O) groups excluding carboxylic acids is 1. The first-order chi connectivity index (χ1) is 9.25. The van der Waals surface area contributed by atoms with Crippen molar-refractivity contribution in [3.8, 4) is 0 Å². The van der Waals surface area contributed by atoms with Crippen LogP contribution in [-0.4, -0.2) is 17.7 Å². The molecule has 0 bridgehead atoms. The van der Waals surface area contributed by atoms with Crippen molar-refractivity contribution in [3.63, 3.8) is 0 Å². The highest BCUT2D eigenvalue weighted by Crippen LogP contribution is 2.14. The first kappa shape index (κ1) is 15.7. The van der Waals surface area contributed by atoms with Gasteiger partial charge in [0.25, 0.3) is 0 Å². The monoisotopic (exact) mass is 264 g/mol. The molecule has 0 radical (unpaired) electrons. The number of aliphatic hydroxyl groups excluding tert-OH is 1. The quantitative estimate of drug-likeness (QED) is 0.547. The summed E-state index contributed by atoms with van der Waals surface area (Å²) in [6, 6.07) is 8.87. The Morgan fingerprint density at radius 3 is 2.42 bits per heavy atom. The van der Waals surface area contributed by atoms with Crippen LogP contribution < -0.4 is 0 Å². The molecule has 1 unspecified atom stereocenters. The van der Waals surface area contributed by atoms with Gasteiger partial charge in [-0.3, -0.25) is 0 Å². The minimum absolute atomic E-state index is 0.398. The Balaban J connectivity index is 2.14. The van der Waals surface area contributed by atoms with Crippen molar-refractivity contribution >= 4 is 5.97 Å². The SMILES string of the molecule is CCCCCCCCOC(=O)C(O)c1ccccc1. The van der Waals surface area contributed by atoms with Crippen molar-refractivity contribution in [1.29, 1.82) is 0 Å². The molecule has 0 fully saturated rings. The zero-order chi connectivity index (χ0) is 13.9. The van der Waals surface area contributed by atoms with E-state index in [0.29, 0.717) is 12.2 Å². The number of unbranched alkanes of at least 4 members (excludes halogenated alkanes) is 5. The van der Waals surface area contributed by atoms with Crippen molar-refractivity contribution in [2.75, 3.05) is 6.61 Å². The molecule has 106 valence electrons. The van der Waals surface area contributed by atoms with Crippen molar-refractivity contribution in [1.82, 2.24) is 0 Å². The summed E-state index contributed by atoms with van der Waals surface area (Å²) < 4.78 is 5.08. The summed E-state index contributed by atoms with van der Waals surface area (Å²) in [5, 5.41) is 9.79. The second-order valence-corrected chi connectivity index (χ2v) is 4.75. The Kier molecular flexibility index (Phi) is 7.91. The van der Waals surface area contributed by atoms with Crippen LogP contribution >= 0.6 is 0 Å². The van der Waals surface area contributed by atoms with Gasteiger partial charge in [-0.2, -0.15) is 0 Å². The number of benzene rings is 1. The second-order valence-electron chi connectivity index (χ2n) is 4.75. The third kappa shape index (κ3) is 6.39. The third-order valence-electron chi connectivity index (χ3n) is 3.08. The molecule has 1 rings (SSSR count). The Labute approximate surface area is 115 Å². The van der Waals surface area contributed by atoms with Gasteiger partial charge in [0.1, 0.15) is 0 Å². The van der Waals surface area contributed by atoms with Crippen molar-refractivity contribution in [2.45, 2.75) is 51.6 Å². The largest absolute Gasteiger partial charge is 0.464 e. The molecule has 0 aliphatic rings. The van der Waals surface area contributed by atoms with E-state index in [2.05, 4.69) is 6.92 Å². The molecule has 1 aromatic rings. The predicted molar refractivity (Wildman–Crippen MR) is 75.7 cm³/mol. The van der Waals surface area contributed by atoms with E-state index >= 15 is 0 Å². The van der Waals surface area contributed by atoms with E-state index in [0.717, 1.165) is 12.8 Å². The Morgan fingerprint density at radius 1 is 1.11 bits per heavy atom. The Bertz CT molecular complexity index is 348. The molecular weight excluding hydrogens is 240 g/mol. The maximum absolute atomic E-state index is 11.6. The van der Waals surface area contributed by atoms with Crippen LogP contribution in [0, 0.1) is 0 Å². The molecule has 3 heteroatoms. The average Bonchev–Trinajstić information content (AvgIpc) is 2.46. The molecule has 0 spiro atoms. The van der Waals surface area contributed by atoms with Crippen LogP contribution in [0.15, 0.2) is 30.3 Å². The molecule has 0 heterocycles. The van der Waals surface area contributed by atoms with Crippen LogP contribution in [0.2, 0.25) is 0 Å². The zero-order valence-corrected chi connectivity index (χ0v) is 11.7. The molecule has 1 aromatic carbocycles. The zero-order valence-electron chi connectivity index (χ0n) is 11.7. The number of aliphatic hydroxyl groups is 1. The van der Waals surface area contributed by atoms with Gasteiger partial charge in [-0.05, 0) is 12.0 Å². The topological polar surface area (TPSA) is 46.5 Å². The minimum atomic E-state index is -1.17. The van der Waals surface area contributed by atoms with E-state index in [1.54, 1.807) is 24.3 Å². The van der Waals surface area contributed by atoms with E-state index < -0.39 is 12.1 Å². The van der Waals surface area contributed by atoms with Gasteiger partial charge in [0, 0.05) is 0 Å². The van der Waals surface area contributed by atoms with Gasteiger partial charge in [0.05, 0.1) is 6.61 Å². The van der Waals surface area contributed by atoms with Crippen LogP contribution in [0.1, 0.15) is 57.1 Å². The number of esters is 1. The molecule has 0 saturated carbocycles. The maximum atomic E-state index is 11.6. The summed E-state index contributed by atoms with van der Waals surface area (Å²) in [6.45, 7) is 2.58. The van der Waals surface area contributed by atoms with Gasteiger partial charge in [-0.1, -0.05) is 69.4 Å². The van der Waals surface area contributed by atoms with Gasteiger partial charge in [-0.25, -0.2) is 4.79 Å². The molecule has 0 aliphatic carbocycles. The summed E-state index contributed by atoms with van der Waals surface area (Å²) >= 11 is 0. The van der Waals surface area contributed by atoms with Crippen molar-refractivity contribution in [3.05, 3.63) is 35.9 Å². The second kappa shape index (κ2) is 9.56. The molecule has 1 atom stereocenters. The highest BCUT2D eigenvalue weighted by Gasteiger charge is 2.17. The van der Waals surface area contributed by atoms with E-state index in [1.165, 1.54) is 25.7 Å². The fourth-order valence-corrected chi connectivity index (χ4v) is 1.91. The molecular formula is C16H24O3. The van der Waals surface area contributed by atoms with E-state index in [9.17, 15) is 9.90 Å². The molecule has 3 nitrogen and oxygen atoms in total. The van der Waals surface area contributed by atoms with Gasteiger partial charge in [0.15, 0.2) is 6.10 Å². The lowest BCUT2D eigenvalue weighted by atomic mass is 10.1. The van der Waals surface area contributed by atoms with Crippen LogP contribution in [0.4, 0.5) is 0 Å². The van der Waals surface area contributed by atoms with Crippen LogP contribution in [0.3, 0.4) is 0 Å². The molecule has 0 amide bonds.